The topological polar surface area (TPSA) is 84.3 Å². The summed E-state index contributed by atoms with van der Waals surface area (Å²) >= 11 is 0. The Morgan fingerprint density at radius 3 is 2.47 bits per heavy atom. The quantitative estimate of drug-likeness (QED) is 0.599. The average Bonchev–Trinajstić information content (AvgIpc) is 3.45. The zero-order chi connectivity index (χ0) is 23.9. The molecule has 1 aliphatic heterocycles. The highest BCUT2D eigenvalue weighted by Gasteiger charge is 2.33. The maximum Gasteiger partial charge on any atom is 0.243 e. The van der Waals surface area contributed by atoms with Crippen LogP contribution in [0.4, 0.5) is 10.2 Å². The fraction of sp³-hybridized carbons (Fsp3) is 0.360. The number of amides is 1. The number of sulfonamides is 1. The van der Waals surface area contributed by atoms with Gasteiger partial charge in [0.1, 0.15) is 11.6 Å². The van der Waals surface area contributed by atoms with Gasteiger partial charge in [0.05, 0.1) is 16.3 Å². The summed E-state index contributed by atoms with van der Waals surface area (Å²) in [6.07, 6.45) is 3.89. The smallest absolute Gasteiger partial charge is 0.243 e. The molecule has 2 aliphatic rings. The van der Waals surface area contributed by atoms with E-state index in [9.17, 15) is 17.6 Å². The highest BCUT2D eigenvalue weighted by atomic mass is 32.2. The van der Waals surface area contributed by atoms with Crippen molar-refractivity contribution in [3.8, 4) is 5.69 Å². The number of halogens is 1. The van der Waals surface area contributed by atoms with Crippen LogP contribution in [0, 0.1) is 18.7 Å². The zero-order valence-corrected chi connectivity index (χ0v) is 19.8. The highest BCUT2D eigenvalue weighted by Crippen LogP contribution is 2.29. The molecule has 34 heavy (non-hydrogen) atoms. The Balaban J connectivity index is 1.25. The first kappa shape index (κ1) is 22.7. The summed E-state index contributed by atoms with van der Waals surface area (Å²) in [7, 11) is -3.58. The van der Waals surface area contributed by atoms with Crippen LogP contribution in [0.1, 0.15) is 36.1 Å². The molecule has 0 spiro atoms. The van der Waals surface area contributed by atoms with Gasteiger partial charge in [-0.2, -0.15) is 9.40 Å². The number of rotatable bonds is 5. The van der Waals surface area contributed by atoms with Crippen molar-refractivity contribution in [1.29, 1.82) is 0 Å². The number of carbonyl (C=O) groups excluding carboxylic acids is 1. The van der Waals surface area contributed by atoms with E-state index in [2.05, 4.69) is 10.4 Å². The van der Waals surface area contributed by atoms with E-state index >= 15 is 0 Å². The lowest BCUT2D eigenvalue weighted by Gasteiger charge is -2.30. The van der Waals surface area contributed by atoms with E-state index in [-0.39, 0.29) is 17.6 Å². The maximum atomic E-state index is 13.3. The van der Waals surface area contributed by atoms with Gasteiger partial charge in [-0.3, -0.25) is 4.79 Å². The number of aryl methyl sites for hydroxylation is 3. The minimum atomic E-state index is -3.58. The first-order valence-electron chi connectivity index (χ1n) is 11.6. The van der Waals surface area contributed by atoms with Crippen molar-refractivity contribution >= 4 is 21.7 Å². The number of anilines is 1. The molecule has 0 atom stereocenters. The normalized spacial score (nSPS) is 17.0. The van der Waals surface area contributed by atoms with Gasteiger partial charge in [-0.1, -0.05) is 6.07 Å². The van der Waals surface area contributed by atoms with E-state index in [0.29, 0.717) is 42.3 Å². The standard InChI is InChI=1S/C25H27FN4O3S/c1-17-15-24(30(28-17)22-8-6-21(26)7-9-22)27-25(31)19-11-13-29(14-12-19)34(32,33)23-10-5-18-3-2-4-20(18)16-23/h5-10,15-16,19H,2-4,11-14H2,1H3,(H,27,31). The third-order valence-electron chi connectivity index (χ3n) is 6.69. The molecule has 1 aliphatic carbocycles. The van der Waals surface area contributed by atoms with Gasteiger partial charge in [-0.15, -0.1) is 0 Å². The fourth-order valence-electron chi connectivity index (χ4n) is 4.81. The Bertz CT molecular complexity index is 1330. The summed E-state index contributed by atoms with van der Waals surface area (Å²) in [5.41, 5.74) is 3.72. The van der Waals surface area contributed by atoms with Crippen molar-refractivity contribution < 1.29 is 17.6 Å². The summed E-state index contributed by atoms with van der Waals surface area (Å²) < 4.78 is 42.7. The Kier molecular flexibility index (Phi) is 5.99. The lowest BCUT2D eigenvalue weighted by atomic mass is 9.97. The molecule has 1 amide bonds. The van der Waals surface area contributed by atoms with Gasteiger partial charge in [0.15, 0.2) is 0 Å². The van der Waals surface area contributed by atoms with Crippen molar-refractivity contribution in [2.45, 2.75) is 43.9 Å². The van der Waals surface area contributed by atoms with Crippen molar-refractivity contribution in [3.63, 3.8) is 0 Å². The monoisotopic (exact) mass is 482 g/mol. The average molecular weight is 483 g/mol. The van der Waals surface area contributed by atoms with Crippen LogP contribution >= 0.6 is 0 Å². The summed E-state index contributed by atoms with van der Waals surface area (Å²) in [4.78, 5) is 13.3. The van der Waals surface area contributed by atoms with Crippen molar-refractivity contribution in [1.82, 2.24) is 14.1 Å². The molecule has 1 saturated heterocycles. The lowest BCUT2D eigenvalue weighted by Crippen LogP contribution is -2.41. The third-order valence-corrected chi connectivity index (χ3v) is 8.58. The molecule has 0 saturated carbocycles. The molecule has 3 aromatic rings. The van der Waals surface area contributed by atoms with Gasteiger partial charge in [-0.05, 0) is 86.6 Å². The molecule has 178 valence electrons. The summed E-state index contributed by atoms with van der Waals surface area (Å²) in [5.74, 6) is -0.316. The summed E-state index contributed by atoms with van der Waals surface area (Å²) in [6, 6.07) is 13.1. The van der Waals surface area contributed by atoms with Crippen LogP contribution in [0.2, 0.25) is 0 Å². The second kappa shape index (κ2) is 8.96. The first-order chi connectivity index (χ1) is 16.3. The molecule has 2 aromatic carbocycles. The van der Waals surface area contributed by atoms with Crippen molar-refractivity contribution in [3.05, 3.63) is 71.2 Å². The summed E-state index contributed by atoms with van der Waals surface area (Å²) in [6.45, 7) is 2.42. The van der Waals surface area contributed by atoms with Gasteiger partial charge in [0, 0.05) is 25.1 Å². The lowest BCUT2D eigenvalue weighted by molar-refractivity contribution is -0.120. The van der Waals surface area contributed by atoms with E-state index < -0.39 is 10.0 Å². The summed E-state index contributed by atoms with van der Waals surface area (Å²) in [5, 5.41) is 7.33. The Hall–Kier alpha value is -3.04. The minimum absolute atomic E-state index is 0.169. The molecule has 0 radical (unpaired) electrons. The highest BCUT2D eigenvalue weighted by molar-refractivity contribution is 7.89. The molecule has 7 nitrogen and oxygen atoms in total. The Morgan fingerprint density at radius 1 is 1.03 bits per heavy atom. The Labute approximate surface area is 198 Å². The van der Waals surface area contributed by atoms with E-state index in [1.165, 1.54) is 22.0 Å². The van der Waals surface area contributed by atoms with Crippen LogP contribution < -0.4 is 5.32 Å². The van der Waals surface area contributed by atoms with Crippen LogP contribution in [0.3, 0.4) is 0 Å². The molecular formula is C25H27FN4O3S. The van der Waals surface area contributed by atoms with Crippen molar-refractivity contribution in [2.75, 3.05) is 18.4 Å². The van der Waals surface area contributed by atoms with E-state index in [4.69, 9.17) is 0 Å². The van der Waals surface area contributed by atoms with E-state index in [1.807, 2.05) is 19.1 Å². The molecule has 1 N–H and O–H groups in total. The molecule has 2 heterocycles. The van der Waals surface area contributed by atoms with Crippen LogP contribution in [-0.2, 0) is 27.7 Å². The first-order valence-corrected chi connectivity index (χ1v) is 13.0. The van der Waals surface area contributed by atoms with Crippen molar-refractivity contribution in [2.24, 2.45) is 5.92 Å². The number of hydrogen-bond acceptors (Lipinski definition) is 4. The molecule has 0 unspecified atom stereocenters. The van der Waals surface area contributed by atoms with Gasteiger partial charge in [0.25, 0.3) is 0 Å². The molecule has 1 fully saturated rings. The SMILES string of the molecule is Cc1cc(NC(=O)C2CCN(S(=O)(=O)c3ccc4c(c3)CCC4)CC2)n(-c2ccc(F)cc2)n1. The molecular weight excluding hydrogens is 455 g/mol. The largest absolute Gasteiger partial charge is 0.310 e. The molecule has 1 aromatic heterocycles. The van der Waals surface area contributed by atoms with Crippen LogP contribution in [0.15, 0.2) is 53.4 Å². The molecule has 0 bridgehead atoms. The van der Waals surface area contributed by atoms with Gasteiger partial charge >= 0.3 is 0 Å². The minimum Gasteiger partial charge on any atom is -0.310 e. The van der Waals surface area contributed by atoms with Gasteiger partial charge < -0.3 is 5.32 Å². The Morgan fingerprint density at radius 2 is 1.74 bits per heavy atom. The predicted octanol–water partition coefficient (Wildman–Crippen LogP) is 3.85. The number of aromatic nitrogens is 2. The zero-order valence-electron chi connectivity index (χ0n) is 19.0. The van der Waals surface area contributed by atoms with E-state index in [1.54, 1.807) is 28.9 Å². The molecule has 5 rings (SSSR count). The fourth-order valence-corrected chi connectivity index (χ4v) is 6.33. The number of nitrogens with one attached hydrogen (secondary N) is 1. The molecule has 9 heteroatoms. The van der Waals surface area contributed by atoms with Crippen LogP contribution in [0.5, 0.6) is 0 Å². The number of nitrogens with zero attached hydrogens (tertiary/aromatic N) is 3. The number of fused-ring (bicyclic) bond motifs is 1. The third kappa shape index (κ3) is 4.37. The second-order valence-corrected chi connectivity index (χ2v) is 10.9. The van der Waals surface area contributed by atoms with Gasteiger partial charge in [0.2, 0.25) is 15.9 Å². The number of benzene rings is 2. The number of carbonyl (C=O) groups is 1. The number of hydrogen-bond donors (Lipinski definition) is 1. The predicted molar refractivity (Wildman–Crippen MR) is 127 cm³/mol. The van der Waals surface area contributed by atoms with Gasteiger partial charge in [-0.25, -0.2) is 17.5 Å². The van der Waals surface area contributed by atoms with Crippen LogP contribution in [0.25, 0.3) is 5.69 Å². The number of piperidine rings is 1. The maximum absolute atomic E-state index is 13.3. The second-order valence-electron chi connectivity index (χ2n) is 9.01. The van der Waals surface area contributed by atoms with Crippen LogP contribution in [-0.4, -0.2) is 41.5 Å². The van der Waals surface area contributed by atoms with E-state index in [0.717, 1.165) is 30.5 Å².